The lowest BCUT2D eigenvalue weighted by atomic mass is 9.88. The highest BCUT2D eigenvalue weighted by Gasteiger charge is 2.30. The molecule has 0 saturated carbocycles. The molecule has 2 aliphatic rings. The first-order chi connectivity index (χ1) is 10.8. The fourth-order valence-corrected chi connectivity index (χ4v) is 3.66. The van der Waals surface area contributed by atoms with Gasteiger partial charge >= 0.3 is 0 Å². The number of hydrogen-bond donors (Lipinski definition) is 1. The average molecular weight is 339 g/mol. The predicted octanol–water partition coefficient (Wildman–Crippen LogP) is 3.11. The lowest BCUT2D eigenvalue weighted by Gasteiger charge is -2.35. The zero-order valence-corrected chi connectivity index (χ0v) is 14.6. The van der Waals surface area contributed by atoms with Crippen LogP contribution in [0.15, 0.2) is 24.3 Å². The first kappa shape index (κ1) is 18.1. The van der Waals surface area contributed by atoms with Crippen LogP contribution in [0.25, 0.3) is 0 Å². The topological polar surface area (TPSA) is 41.6 Å². The summed E-state index contributed by atoms with van der Waals surface area (Å²) in [6.07, 6.45) is 4.86. The zero-order valence-electron chi connectivity index (χ0n) is 13.8. The van der Waals surface area contributed by atoms with Gasteiger partial charge in [-0.15, -0.1) is 12.4 Å². The number of carbonyl (C=O) groups is 1. The Morgan fingerprint density at radius 2 is 1.91 bits per heavy atom. The second-order valence-corrected chi connectivity index (χ2v) is 6.29. The van der Waals surface area contributed by atoms with Crippen LogP contribution in [0.3, 0.4) is 0 Å². The van der Waals surface area contributed by atoms with Gasteiger partial charge in [-0.25, -0.2) is 0 Å². The Morgan fingerprint density at radius 1 is 1.22 bits per heavy atom. The van der Waals surface area contributed by atoms with Gasteiger partial charge in [-0.1, -0.05) is 0 Å². The van der Waals surface area contributed by atoms with Gasteiger partial charge in [0.05, 0.1) is 6.61 Å². The van der Waals surface area contributed by atoms with E-state index in [0.29, 0.717) is 12.6 Å². The quantitative estimate of drug-likeness (QED) is 0.917. The maximum atomic E-state index is 12.6. The Balaban J connectivity index is 0.00000192. The molecular weight excluding hydrogens is 312 g/mol. The SMILES string of the molecule is CCOc1ccc(C(=O)N2CCC(C3CCCN3)CC2)cc1.Cl. The number of amides is 1. The molecule has 1 unspecified atom stereocenters. The van der Waals surface area contributed by atoms with Crippen LogP contribution in [0.5, 0.6) is 5.75 Å². The summed E-state index contributed by atoms with van der Waals surface area (Å²) in [6, 6.07) is 8.19. The Bertz CT molecular complexity index is 492. The zero-order chi connectivity index (χ0) is 15.4. The molecule has 2 fully saturated rings. The number of carbonyl (C=O) groups excluding carboxylic acids is 1. The van der Waals surface area contributed by atoms with Gasteiger partial charge in [-0.3, -0.25) is 4.79 Å². The molecule has 0 radical (unpaired) electrons. The Kier molecular flexibility index (Phi) is 6.72. The van der Waals surface area contributed by atoms with E-state index in [2.05, 4.69) is 5.32 Å². The molecule has 2 saturated heterocycles. The highest BCUT2D eigenvalue weighted by atomic mass is 35.5. The summed E-state index contributed by atoms with van der Waals surface area (Å²) in [5.41, 5.74) is 0.765. The predicted molar refractivity (Wildman–Crippen MR) is 94.5 cm³/mol. The minimum atomic E-state index is 0. The standard InChI is InChI=1S/C18H26N2O2.ClH/c1-2-22-16-7-5-15(6-8-16)18(21)20-12-9-14(10-13-20)17-4-3-11-19-17;/h5-8,14,17,19H,2-4,9-13H2,1H3;1H. The number of nitrogens with zero attached hydrogens (tertiary/aromatic N) is 1. The molecule has 23 heavy (non-hydrogen) atoms. The maximum Gasteiger partial charge on any atom is 0.253 e. The van der Waals surface area contributed by atoms with Crippen LogP contribution < -0.4 is 10.1 Å². The summed E-state index contributed by atoms with van der Waals surface area (Å²) in [5, 5.41) is 3.60. The first-order valence-electron chi connectivity index (χ1n) is 8.53. The van der Waals surface area contributed by atoms with Gasteiger partial charge in [0.25, 0.3) is 5.91 Å². The molecule has 2 heterocycles. The van der Waals surface area contributed by atoms with Gasteiger partial charge in [0.15, 0.2) is 0 Å². The van der Waals surface area contributed by atoms with Gasteiger partial charge in [-0.05, 0) is 69.3 Å². The Morgan fingerprint density at radius 3 is 2.48 bits per heavy atom. The van der Waals surface area contributed by atoms with E-state index < -0.39 is 0 Å². The largest absolute Gasteiger partial charge is 0.494 e. The Labute approximate surface area is 145 Å². The van der Waals surface area contributed by atoms with Gasteiger partial charge in [0, 0.05) is 24.7 Å². The molecule has 1 atom stereocenters. The van der Waals surface area contributed by atoms with Crippen LogP contribution in [0.2, 0.25) is 0 Å². The van der Waals surface area contributed by atoms with Gasteiger partial charge < -0.3 is 15.0 Å². The second-order valence-electron chi connectivity index (χ2n) is 6.29. The third kappa shape index (κ3) is 4.39. The van der Waals surface area contributed by atoms with E-state index in [4.69, 9.17) is 4.74 Å². The third-order valence-electron chi connectivity index (χ3n) is 4.91. The number of ether oxygens (including phenoxy) is 1. The molecule has 0 aliphatic carbocycles. The lowest BCUT2D eigenvalue weighted by Crippen LogP contribution is -2.43. The molecule has 5 heteroatoms. The summed E-state index contributed by atoms with van der Waals surface area (Å²) < 4.78 is 5.43. The molecule has 128 valence electrons. The van der Waals surface area contributed by atoms with Gasteiger partial charge in [0.1, 0.15) is 5.75 Å². The second kappa shape index (κ2) is 8.55. The van der Waals surface area contributed by atoms with Crippen molar-refractivity contribution in [3.05, 3.63) is 29.8 Å². The van der Waals surface area contributed by atoms with Crippen molar-refractivity contribution in [3.63, 3.8) is 0 Å². The number of piperidine rings is 1. The fraction of sp³-hybridized carbons (Fsp3) is 0.611. The number of hydrogen-bond acceptors (Lipinski definition) is 3. The summed E-state index contributed by atoms with van der Waals surface area (Å²) in [6.45, 7) is 5.54. The van der Waals surface area contributed by atoms with Crippen LogP contribution in [0.1, 0.15) is 43.0 Å². The van der Waals surface area contributed by atoms with Crippen molar-refractivity contribution in [2.24, 2.45) is 5.92 Å². The number of likely N-dealkylation sites (tertiary alicyclic amines) is 1. The van der Waals surface area contributed by atoms with Crippen molar-refractivity contribution < 1.29 is 9.53 Å². The minimum Gasteiger partial charge on any atom is -0.494 e. The van der Waals surface area contributed by atoms with Crippen molar-refractivity contribution in [2.75, 3.05) is 26.2 Å². The van der Waals surface area contributed by atoms with E-state index in [1.54, 1.807) is 0 Å². The number of nitrogens with one attached hydrogen (secondary N) is 1. The molecule has 1 aromatic carbocycles. The first-order valence-corrected chi connectivity index (χ1v) is 8.53. The van der Waals surface area contributed by atoms with E-state index in [0.717, 1.165) is 49.7 Å². The van der Waals surface area contributed by atoms with E-state index in [1.807, 2.05) is 36.1 Å². The average Bonchev–Trinajstić information content (AvgIpc) is 3.10. The molecule has 0 bridgehead atoms. The molecular formula is C18H27ClN2O2. The highest BCUT2D eigenvalue weighted by molar-refractivity contribution is 5.94. The molecule has 2 aliphatic heterocycles. The molecule has 3 rings (SSSR count). The molecule has 0 aromatic heterocycles. The van der Waals surface area contributed by atoms with Crippen molar-refractivity contribution in [2.45, 2.75) is 38.6 Å². The van der Waals surface area contributed by atoms with E-state index in [-0.39, 0.29) is 18.3 Å². The summed E-state index contributed by atoms with van der Waals surface area (Å²) in [5.74, 6) is 1.72. The summed E-state index contributed by atoms with van der Waals surface area (Å²) in [4.78, 5) is 14.6. The van der Waals surface area contributed by atoms with Crippen molar-refractivity contribution in [1.29, 1.82) is 0 Å². The summed E-state index contributed by atoms with van der Waals surface area (Å²) >= 11 is 0. The fourth-order valence-electron chi connectivity index (χ4n) is 3.66. The Hall–Kier alpha value is -1.26. The number of benzene rings is 1. The van der Waals surface area contributed by atoms with E-state index >= 15 is 0 Å². The molecule has 1 aromatic rings. The van der Waals surface area contributed by atoms with Crippen molar-refractivity contribution >= 4 is 18.3 Å². The van der Waals surface area contributed by atoms with Gasteiger partial charge in [0.2, 0.25) is 0 Å². The number of halogens is 1. The normalized spacial score (nSPS) is 21.8. The van der Waals surface area contributed by atoms with E-state index in [9.17, 15) is 4.79 Å². The summed E-state index contributed by atoms with van der Waals surface area (Å²) in [7, 11) is 0. The smallest absolute Gasteiger partial charge is 0.253 e. The van der Waals surface area contributed by atoms with Gasteiger partial charge in [-0.2, -0.15) is 0 Å². The maximum absolute atomic E-state index is 12.6. The van der Waals surface area contributed by atoms with Crippen LogP contribution in [0, 0.1) is 5.92 Å². The molecule has 1 amide bonds. The van der Waals surface area contributed by atoms with Crippen LogP contribution in [0.4, 0.5) is 0 Å². The highest BCUT2D eigenvalue weighted by Crippen LogP contribution is 2.26. The van der Waals surface area contributed by atoms with Crippen LogP contribution in [-0.2, 0) is 0 Å². The lowest BCUT2D eigenvalue weighted by molar-refractivity contribution is 0.0674. The minimum absolute atomic E-state index is 0. The number of rotatable bonds is 4. The van der Waals surface area contributed by atoms with Crippen LogP contribution in [-0.4, -0.2) is 43.1 Å². The van der Waals surface area contributed by atoms with Crippen molar-refractivity contribution in [1.82, 2.24) is 10.2 Å². The van der Waals surface area contributed by atoms with Crippen LogP contribution >= 0.6 is 12.4 Å². The molecule has 0 spiro atoms. The van der Waals surface area contributed by atoms with E-state index in [1.165, 1.54) is 12.8 Å². The van der Waals surface area contributed by atoms with Crippen molar-refractivity contribution in [3.8, 4) is 5.75 Å². The monoisotopic (exact) mass is 338 g/mol. The molecule has 4 nitrogen and oxygen atoms in total. The molecule has 1 N–H and O–H groups in total. The third-order valence-corrected chi connectivity index (χ3v) is 4.91.